The zero-order valence-corrected chi connectivity index (χ0v) is 15.7. The van der Waals surface area contributed by atoms with Crippen LogP contribution in [0.5, 0.6) is 0 Å². The van der Waals surface area contributed by atoms with Crippen LogP contribution in [0.15, 0.2) is 103 Å². The summed E-state index contributed by atoms with van der Waals surface area (Å²) >= 11 is 0. The highest BCUT2D eigenvalue weighted by atomic mass is 15.1. The van der Waals surface area contributed by atoms with E-state index in [4.69, 9.17) is 0 Å². The first-order chi connectivity index (χ1) is 14.4. The summed E-state index contributed by atoms with van der Waals surface area (Å²) in [6, 6.07) is 31.6. The van der Waals surface area contributed by atoms with Crippen LogP contribution in [0.4, 0.5) is 0 Å². The maximum Gasteiger partial charge on any atom is 0.137 e. The molecule has 0 fully saturated rings. The summed E-state index contributed by atoms with van der Waals surface area (Å²) in [4.78, 5) is 9.18. The highest BCUT2D eigenvalue weighted by Crippen LogP contribution is 2.38. The van der Waals surface area contributed by atoms with Crippen LogP contribution in [0.2, 0.25) is 0 Å². The number of aromatic nitrogens is 3. The highest BCUT2D eigenvalue weighted by Gasteiger charge is 2.16. The van der Waals surface area contributed by atoms with Crippen molar-refractivity contribution in [1.29, 1.82) is 0 Å². The molecule has 0 amide bonds. The molecule has 0 saturated carbocycles. The number of nitrogens with zero attached hydrogens (tertiary/aromatic N) is 3. The molecule has 0 aliphatic carbocycles. The fraction of sp³-hybridized carbons (Fsp3) is 0. The van der Waals surface area contributed by atoms with E-state index < -0.39 is 0 Å². The van der Waals surface area contributed by atoms with Gasteiger partial charge >= 0.3 is 0 Å². The first-order valence-electron chi connectivity index (χ1n) is 9.69. The molecule has 6 rings (SSSR count). The molecule has 3 aromatic carbocycles. The Labute approximate surface area is 167 Å². The third kappa shape index (κ3) is 2.44. The topological polar surface area (TPSA) is 30.7 Å². The molecular formula is C26H17N3. The molecule has 29 heavy (non-hydrogen) atoms. The summed E-state index contributed by atoms with van der Waals surface area (Å²) in [5.74, 6) is 0.924. The summed E-state index contributed by atoms with van der Waals surface area (Å²) in [6.07, 6.45) is 3.68. The SMILES string of the molecule is c1ccc(-c2ccc3c(c2)c2c4ccccc4ccc2n3-c2ccccn2)nc1. The van der Waals surface area contributed by atoms with Gasteiger partial charge in [0.05, 0.1) is 16.7 Å². The Kier molecular flexibility index (Phi) is 3.47. The largest absolute Gasteiger partial charge is 0.294 e. The zero-order valence-electron chi connectivity index (χ0n) is 15.7. The van der Waals surface area contributed by atoms with Crippen molar-refractivity contribution >= 4 is 32.6 Å². The second kappa shape index (κ2) is 6.28. The van der Waals surface area contributed by atoms with Crippen molar-refractivity contribution < 1.29 is 0 Å². The maximum absolute atomic E-state index is 4.63. The monoisotopic (exact) mass is 371 g/mol. The molecule has 3 nitrogen and oxygen atoms in total. The van der Waals surface area contributed by atoms with Crippen molar-refractivity contribution in [2.75, 3.05) is 0 Å². The van der Waals surface area contributed by atoms with Crippen LogP contribution in [-0.4, -0.2) is 14.5 Å². The molecule has 3 heterocycles. The number of hydrogen-bond acceptors (Lipinski definition) is 2. The maximum atomic E-state index is 4.63. The third-order valence-electron chi connectivity index (χ3n) is 5.49. The van der Waals surface area contributed by atoms with Crippen LogP contribution < -0.4 is 0 Å². The van der Waals surface area contributed by atoms with Crippen LogP contribution in [0.3, 0.4) is 0 Å². The standard InChI is InChI=1S/C26H17N3/c1-2-8-20-18(7-1)11-14-24-26(20)21-17-19(22-9-3-5-15-27-22)12-13-23(21)29(24)25-10-4-6-16-28-25/h1-17H. The van der Waals surface area contributed by atoms with Crippen molar-refractivity contribution in [3.05, 3.63) is 103 Å². The van der Waals surface area contributed by atoms with E-state index in [1.165, 1.54) is 21.5 Å². The molecule has 0 aliphatic heterocycles. The fourth-order valence-electron chi connectivity index (χ4n) is 4.22. The Morgan fingerprint density at radius 1 is 0.586 bits per heavy atom. The van der Waals surface area contributed by atoms with Crippen molar-refractivity contribution in [3.8, 4) is 17.1 Å². The Hall–Kier alpha value is -3.98. The van der Waals surface area contributed by atoms with E-state index in [-0.39, 0.29) is 0 Å². The lowest BCUT2D eigenvalue weighted by Gasteiger charge is -2.07. The fourth-order valence-corrected chi connectivity index (χ4v) is 4.22. The minimum absolute atomic E-state index is 0.924. The molecule has 0 saturated heterocycles. The van der Waals surface area contributed by atoms with Crippen molar-refractivity contribution in [2.45, 2.75) is 0 Å². The number of pyridine rings is 2. The lowest BCUT2D eigenvalue weighted by atomic mass is 10.0. The summed E-state index contributed by atoms with van der Waals surface area (Å²) in [6.45, 7) is 0. The van der Waals surface area contributed by atoms with Gasteiger partial charge in [0, 0.05) is 28.7 Å². The number of benzene rings is 3. The lowest BCUT2D eigenvalue weighted by Crippen LogP contribution is -1.96. The van der Waals surface area contributed by atoms with Gasteiger partial charge in [0.15, 0.2) is 0 Å². The van der Waals surface area contributed by atoms with Crippen molar-refractivity contribution in [2.24, 2.45) is 0 Å². The van der Waals surface area contributed by atoms with Gasteiger partial charge in [-0.15, -0.1) is 0 Å². The predicted octanol–water partition coefficient (Wildman–Crippen LogP) is 6.39. The molecule has 3 aromatic heterocycles. The van der Waals surface area contributed by atoms with E-state index in [2.05, 4.69) is 81.3 Å². The van der Waals surface area contributed by atoms with E-state index in [9.17, 15) is 0 Å². The minimum Gasteiger partial charge on any atom is -0.294 e. The smallest absolute Gasteiger partial charge is 0.137 e. The van der Waals surface area contributed by atoms with Gasteiger partial charge in [-0.1, -0.05) is 48.5 Å². The molecule has 0 spiro atoms. The molecule has 0 radical (unpaired) electrons. The molecular weight excluding hydrogens is 354 g/mol. The Bertz CT molecular complexity index is 1480. The molecule has 0 N–H and O–H groups in total. The summed E-state index contributed by atoms with van der Waals surface area (Å²) in [7, 11) is 0. The van der Waals surface area contributed by atoms with Gasteiger partial charge in [0.2, 0.25) is 0 Å². The van der Waals surface area contributed by atoms with E-state index >= 15 is 0 Å². The van der Waals surface area contributed by atoms with Crippen LogP contribution in [0, 0.1) is 0 Å². The average molecular weight is 371 g/mol. The summed E-state index contributed by atoms with van der Waals surface area (Å²) < 4.78 is 2.25. The first kappa shape index (κ1) is 16.0. The molecule has 0 bridgehead atoms. The van der Waals surface area contributed by atoms with Gasteiger partial charge in [0.25, 0.3) is 0 Å². The quantitative estimate of drug-likeness (QED) is 0.353. The zero-order chi connectivity index (χ0) is 19.2. The Morgan fingerprint density at radius 2 is 1.38 bits per heavy atom. The Balaban J connectivity index is 1.79. The molecule has 136 valence electrons. The molecule has 6 aromatic rings. The van der Waals surface area contributed by atoms with E-state index in [1.807, 2.05) is 36.7 Å². The van der Waals surface area contributed by atoms with Gasteiger partial charge in [-0.05, 0) is 53.2 Å². The van der Waals surface area contributed by atoms with E-state index in [0.717, 1.165) is 28.1 Å². The minimum atomic E-state index is 0.924. The van der Waals surface area contributed by atoms with Gasteiger partial charge in [0.1, 0.15) is 5.82 Å². The van der Waals surface area contributed by atoms with Crippen molar-refractivity contribution in [3.63, 3.8) is 0 Å². The van der Waals surface area contributed by atoms with Gasteiger partial charge in [-0.25, -0.2) is 4.98 Å². The molecule has 0 atom stereocenters. The highest BCUT2D eigenvalue weighted by molar-refractivity contribution is 6.21. The van der Waals surface area contributed by atoms with E-state index in [0.29, 0.717) is 0 Å². The summed E-state index contributed by atoms with van der Waals surface area (Å²) in [5.41, 5.74) is 4.41. The average Bonchev–Trinajstić information content (AvgIpc) is 3.14. The predicted molar refractivity (Wildman–Crippen MR) is 119 cm³/mol. The van der Waals surface area contributed by atoms with Crippen LogP contribution in [0.1, 0.15) is 0 Å². The normalized spacial score (nSPS) is 11.4. The van der Waals surface area contributed by atoms with E-state index in [1.54, 1.807) is 0 Å². The molecule has 0 aliphatic rings. The Morgan fingerprint density at radius 3 is 2.21 bits per heavy atom. The molecule has 0 unspecified atom stereocenters. The number of hydrogen-bond donors (Lipinski definition) is 0. The number of rotatable bonds is 2. The number of fused-ring (bicyclic) bond motifs is 5. The van der Waals surface area contributed by atoms with Crippen LogP contribution in [-0.2, 0) is 0 Å². The second-order valence-electron chi connectivity index (χ2n) is 7.15. The summed E-state index contributed by atoms with van der Waals surface area (Å²) in [5, 5.41) is 4.96. The van der Waals surface area contributed by atoms with Crippen LogP contribution >= 0.6 is 0 Å². The lowest BCUT2D eigenvalue weighted by molar-refractivity contribution is 1.08. The molecule has 3 heteroatoms. The third-order valence-corrected chi connectivity index (χ3v) is 5.49. The van der Waals surface area contributed by atoms with Gasteiger partial charge < -0.3 is 0 Å². The second-order valence-corrected chi connectivity index (χ2v) is 7.15. The first-order valence-corrected chi connectivity index (χ1v) is 9.69. The van der Waals surface area contributed by atoms with Crippen molar-refractivity contribution in [1.82, 2.24) is 14.5 Å². The van der Waals surface area contributed by atoms with Gasteiger partial charge in [-0.3, -0.25) is 9.55 Å². The van der Waals surface area contributed by atoms with Crippen LogP contribution in [0.25, 0.3) is 49.7 Å². The van der Waals surface area contributed by atoms with Gasteiger partial charge in [-0.2, -0.15) is 0 Å².